The quantitative estimate of drug-likeness (QED) is 0.486. The number of likely N-dealkylation sites (tertiary alicyclic amines) is 1. The van der Waals surface area contributed by atoms with E-state index in [1.807, 2.05) is 36.4 Å². The van der Waals surface area contributed by atoms with Crippen molar-refractivity contribution in [1.29, 1.82) is 0 Å². The van der Waals surface area contributed by atoms with Crippen LogP contribution in [0.15, 0.2) is 42.0 Å². The highest BCUT2D eigenvalue weighted by Gasteiger charge is 2.40. The van der Waals surface area contributed by atoms with Gasteiger partial charge in [0.1, 0.15) is 11.0 Å². The molecule has 190 valence electrons. The van der Waals surface area contributed by atoms with Gasteiger partial charge in [-0.3, -0.25) is 14.6 Å². The second-order valence-corrected chi connectivity index (χ2v) is 11.0. The average molecular weight is 506 g/mol. The summed E-state index contributed by atoms with van der Waals surface area (Å²) in [4.78, 5) is 38.2. The van der Waals surface area contributed by atoms with Gasteiger partial charge in [-0.2, -0.15) is 0 Å². The molecule has 0 unspecified atom stereocenters. The first-order valence-electron chi connectivity index (χ1n) is 13.1. The molecule has 2 N–H and O–H groups in total. The van der Waals surface area contributed by atoms with Crippen molar-refractivity contribution >= 4 is 33.9 Å². The molecular formula is C28H35N5O2S. The van der Waals surface area contributed by atoms with Gasteiger partial charge >= 0.3 is 0 Å². The molecular weight excluding hydrogens is 470 g/mol. The number of rotatable bonds is 7. The van der Waals surface area contributed by atoms with E-state index in [2.05, 4.69) is 33.1 Å². The van der Waals surface area contributed by atoms with Crippen molar-refractivity contribution in [2.45, 2.75) is 70.0 Å². The van der Waals surface area contributed by atoms with Crippen LogP contribution < -0.4 is 10.6 Å². The van der Waals surface area contributed by atoms with Crippen LogP contribution in [0.1, 0.15) is 62.9 Å². The second kappa shape index (κ2) is 11.0. The minimum absolute atomic E-state index is 0.0460. The van der Waals surface area contributed by atoms with E-state index in [4.69, 9.17) is 4.98 Å². The molecule has 2 amide bonds. The minimum Gasteiger partial charge on any atom is -0.343 e. The monoisotopic (exact) mass is 505 g/mol. The van der Waals surface area contributed by atoms with Crippen LogP contribution in [0.3, 0.4) is 0 Å². The van der Waals surface area contributed by atoms with E-state index in [1.165, 1.54) is 6.42 Å². The Morgan fingerprint density at radius 3 is 2.69 bits per heavy atom. The number of carbonyl (C=O) groups excluding carboxylic acids is 2. The Hall–Kier alpha value is -2.84. The molecule has 0 bridgehead atoms. The lowest BCUT2D eigenvalue weighted by atomic mass is 9.83. The molecule has 0 spiro atoms. The van der Waals surface area contributed by atoms with Crippen LogP contribution in [-0.2, 0) is 9.59 Å². The summed E-state index contributed by atoms with van der Waals surface area (Å²) in [6.45, 7) is 2.53. The highest BCUT2D eigenvalue weighted by Crippen LogP contribution is 2.38. The van der Waals surface area contributed by atoms with Gasteiger partial charge < -0.3 is 15.5 Å². The van der Waals surface area contributed by atoms with Crippen LogP contribution >= 0.6 is 11.3 Å². The Morgan fingerprint density at radius 2 is 1.89 bits per heavy atom. The van der Waals surface area contributed by atoms with E-state index in [1.54, 1.807) is 18.4 Å². The number of carbonyl (C=O) groups is 2. The third-order valence-corrected chi connectivity index (χ3v) is 8.74. The zero-order valence-electron chi connectivity index (χ0n) is 21.1. The molecule has 2 aromatic heterocycles. The lowest BCUT2D eigenvalue weighted by Crippen LogP contribution is -2.55. The molecule has 3 heterocycles. The van der Waals surface area contributed by atoms with E-state index in [9.17, 15) is 9.59 Å². The Labute approximate surface area is 216 Å². The molecule has 0 radical (unpaired) electrons. The molecule has 1 aliphatic carbocycles. The van der Waals surface area contributed by atoms with Crippen molar-refractivity contribution in [3.8, 4) is 11.3 Å². The van der Waals surface area contributed by atoms with E-state index in [-0.39, 0.29) is 29.8 Å². The standard InChI is InChI=1S/C28H35N5O2S/c1-18(29-2)26(34)32-25(19-9-4-3-5-10-19)28(35)33-14-8-13-24(33)27-31-23(17-36-27)22-16-30-15-20-11-6-7-12-21(20)22/h6-7,11-12,15-19,24-25,29H,3-5,8-10,13-14H2,1-2H3,(H,32,34)/t18-,24-,25-/m0/s1. The number of nitrogens with zero attached hydrogens (tertiary/aromatic N) is 3. The third-order valence-electron chi connectivity index (χ3n) is 7.80. The number of hydrogen-bond donors (Lipinski definition) is 2. The van der Waals surface area contributed by atoms with E-state index >= 15 is 0 Å². The molecule has 5 rings (SSSR count). The molecule has 2 aliphatic rings. The third kappa shape index (κ3) is 5.02. The first-order valence-corrected chi connectivity index (χ1v) is 14.0. The van der Waals surface area contributed by atoms with Gasteiger partial charge in [-0.25, -0.2) is 4.98 Å². The molecule has 3 aromatic rings. The number of fused-ring (bicyclic) bond motifs is 1. The summed E-state index contributed by atoms with van der Waals surface area (Å²) in [5.74, 6) is 0.121. The summed E-state index contributed by atoms with van der Waals surface area (Å²) in [5, 5.41) is 11.4. The Kier molecular flexibility index (Phi) is 7.62. The maximum absolute atomic E-state index is 14.0. The van der Waals surface area contributed by atoms with Crippen molar-refractivity contribution < 1.29 is 9.59 Å². The summed E-state index contributed by atoms with van der Waals surface area (Å²) in [6, 6.07) is 7.34. The number of nitrogens with one attached hydrogen (secondary N) is 2. The molecule has 1 saturated carbocycles. The largest absolute Gasteiger partial charge is 0.343 e. The lowest BCUT2D eigenvalue weighted by molar-refractivity contribution is -0.139. The van der Waals surface area contributed by atoms with Crippen LogP contribution in [0.5, 0.6) is 0 Å². The number of pyridine rings is 1. The van der Waals surface area contributed by atoms with Crippen molar-refractivity contribution in [2.75, 3.05) is 13.6 Å². The SMILES string of the molecule is CN[C@@H](C)C(=O)N[C@H](C(=O)N1CCC[C@H]1c1nc(-c2cncc3ccccc23)cs1)C1CCCCC1. The zero-order valence-corrected chi connectivity index (χ0v) is 21.9. The first kappa shape index (κ1) is 24.8. The van der Waals surface area contributed by atoms with Gasteiger partial charge in [-0.15, -0.1) is 11.3 Å². The maximum Gasteiger partial charge on any atom is 0.246 e. The molecule has 3 atom stereocenters. The van der Waals surface area contributed by atoms with Gasteiger partial charge in [-0.05, 0) is 51.0 Å². The fourth-order valence-electron chi connectivity index (χ4n) is 5.61. The van der Waals surface area contributed by atoms with Crippen molar-refractivity contribution in [3.05, 3.63) is 47.0 Å². The Bertz CT molecular complexity index is 1220. The van der Waals surface area contributed by atoms with E-state index < -0.39 is 6.04 Å². The molecule has 1 aromatic carbocycles. The van der Waals surface area contributed by atoms with E-state index in [0.717, 1.165) is 65.6 Å². The van der Waals surface area contributed by atoms with Gasteiger partial charge in [0.2, 0.25) is 11.8 Å². The second-order valence-electron chi connectivity index (χ2n) is 10.1. The molecule has 8 heteroatoms. The minimum atomic E-state index is -0.476. The molecule has 1 aliphatic heterocycles. The fourth-order valence-corrected chi connectivity index (χ4v) is 6.57. The highest BCUT2D eigenvalue weighted by atomic mass is 32.1. The van der Waals surface area contributed by atoms with Crippen LogP contribution in [0.25, 0.3) is 22.0 Å². The predicted octanol–water partition coefficient (Wildman–Crippen LogP) is 4.69. The number of aromatic nitrogens is 2. The molecule has 36 heavy (non-hydrogen) atoms. The van der Waals surface area contributed by atoms with Gasteiger partial charge in [0, 0.05) is 35.3 Å². The smallest absolute Gasteiger partial charge is 0.246 e. The van der Waals surface area contributed by atoms with Crippen molar-refractivity contribution in [2.24, 2.45) is 5.92 Å². The molecule has 1 saturated heterocycles. The zero-order chi connectivity index (χ0) is 25.1. The summed E-state index contributed by atoms with van der Waals surface area (Å²) in [5.41, 5.74) is 1.92. The van der Waals surface area contributed by atoms with Crippen LogP contribution in [0, 0.1) is 5.92 Å². The summed E-state index contributed by atoms with van der Waals surface area (Å²) < 4.78 is 0. The predicted molar refractivity (Wildman–Crippen MR) is 144 cm³/mol. The van der Waals surface area contributed by atoms with Crippen LogP contribution in [0.4, 0.5) is 0 Å². The summed E-state index contributed by atoms with van der Waals surface area (Å²) in [6.07, 6.45) is 11.0. The number of benzene rings is 1. The van der Waals surface area contributed by atoms with Gasteiger partial charge in [0.05, 0.1) is 17.8 Å². The van der Waals surface area contributed by atoms with Gasteiger partial charge in [0.15, 0.2) is 0 Å². The summed E-state index contributed by atoms with van der Waals surface area (Å²) in [7, 11) is 1.77. The highest BCUT2D eigenvalue weighted by molar-refractivity contribution is 7.10. The maximum atomic E-state index is 14.0. The number of likely N-dealkylation sites (N-methyl/N-ethyl adjacent to an activating group) is 1. The average Bonchev–Trinajstić information content (AvgIpc) is 3.61. The van der Waals surface area contributed by atoms with E-state index in [0.29, 0.717) is 6.54 Å². The van der Waals surface area contributed by atoms with Crippen LogP contribution in [0.2, 0.25) is 0 Å². The topological polar surface area (TPSA) is 87.2 Å². The molecule has 7 nitrogen and oxygen atoms in total. The van der Waals surface area contributed by atoms with Gasteiger partial charge in [0.25, 0.3) is 0 Å². The number of hydrogen-bond acceptors (Lipinski definition) is 6. The molecule has 2 fully saturated rings. The van der Waals surface area contributed by atoms with Crippen LogP contribution in [-0.4, -0.2) is 52.4 Å². The van der Waals surface area contributed by atoms with Crippen molar-refractivity contribution in [1.82, 2.24) is 25.5 Å². The normalized spacial score (nSPS) is 20.4. The summed E-state index contributed by atoms with van der Waals surface area (Å²) >= 11 is 1.61. The lowest BCUT2D eigenvalue weighted by Gasteiger charge is -2.35. The Morgan fingerprint density at radius 1 is 1.08 bits per heavy atom. The van der Waals surface area contributed by atoms with Crippen molar-refractivity contribution in [3.63, 3.8) is 0 Å². The Balaban J connectivity index is 1.40. The number of thiazole rings is 1. The van der Waals surface area contributed by atoms with Gasteiger partial charge in [-0.1, -0.05) is 43.5 Å². The number of amides is 2. The first-order chi connectivity index (χ1) is 17.6. The fraction of sp³-hybridized carbons (Fsp3) is 0.500.